The van der Waals surface area contributed by atoms with Crippen LogP contribution in [0, 0.1) is 0 Å². The number of nitrogens with two attached hydrogens (primary N) is 1. The number of carbonyl (C=O) groups is 1. The van der Waals surface area contributed by atoms with Gasteiger partial charge < -0.3 is 10.6 Å². The van der Waals surface area contributed by atoms with E-state index < -0.39 is 0 Å². The lowest BCUT2D eigenvalue weighted by molar-refractivity contribution is -0.0756. The van der Waals surface area contributed by atoms with Crippen LogP contribution in [0.4, 0.5) is 11.4 Å². The molecule has 0 heterocycles. The monoisotopic (exact) mass is 223 g/mol. The van der Waals surface area contributed by atoms with Gasteiger partial charge in [0.15, 0.2) is 0 Å². The Balaban J connectivity index is 3.19. The lowest BCUT2D eigenvalue weighted by Crippen LogP contribution is -2.27. The number of hydrogen-bond acceptors (Lipinski definition) is 4. The summed E-state index contributed by atoms with van der Waals surface area (Å²) in [5.41, 5.74) is 7.56. The molecule has 0 aromatic heterocycles. The summed E-state index contributed by atoms with van der Waals surface area (Å²) in [6.45, 7) is 0. The minimum atomic E-state index is -0.224. The van der Waals surface area contributed by atoms with Crippen LogP contribution >= 0.6 is 0 Å². The predicted octanol–water partition coefficient (Wildman–Crippen LogP) is 0.968. The third-order valence-corrected chi connectivity index (χ3v) is 2.29. The van der Waals surface area contributed by atoms with Crippen molar-refractivity contribution in [3.8, 4) is 0 Å². The van der Waals surface area contributed by atoms with Crippen molar-refractivity contribution in [1.82, 2.24) is 5.06 Å². The van der Waals surface area contributed by atoms with Crippen LogP contribution < -0.4 is 10.6 Å². The van der Waals surface area contributed by atoms with Crippen molar-refractivity contribution in [2.24, 2.45) is 0 Å². The van der Waals surface area contributed by atoms with E-state index in [0.29, 0.717) is 11.3 Å². The Bertz CT molecular complexity index is 391. The summed E-state index contributed by atoms with van der Waals surface area (Å²) in [6.07, 6.45) is 0. The number of hydrogen-bond donors (Lipinski definition) is 1. The van der Waals surface area contributed by atoms with Crippen LogP contribution in [0.5, 0.6) is 0 Å². The first-order valence-electron chi connectivity index (χ1n) is 4.86. The lowest BCUT2D eigenvalue weighted by Gasteiger charge is -2.20. The van der Waals surface area contributed by atoms with Gasteiger partial charge in [-0.3, -0.25) is 9.63 Å². The first-order valence-corrected chi connectivity index (χ1v) is 4.86. The average Bonchev–Trinajstić information content (AvgIpc) is 2.26. The van der Waals surface area contributed by atoms with E-state index in [0.717, 1.165) is 5.69 Å². The third kappa shape index (κ3) is 2.43. The van der Waals surface area contributed by atoms with Crippen LogP contribution in [0.25, 0.3) is 0 Å². The molecule has 0 spiro atoms. The van der Waals surface area contributed by atoms with Gasteiger partial charge in [0, 0.05) is 32.5 Å². The molecule has 1 aromatic rings. The molecule has 0 saturated heterocycles. The highest BCUT2D eigenvalue weighted by Gasteiger charge is 2.17. The minimum Gasteiger partial charge on any atom is -0.399 e. The largest absolute Gasteiger partial charge is 0.399 e. The Morgan fingerprint density at radius 1 is 1.31 bits per heavy atom. The molecule has 0 radical (unpaired) electrons. The van der Waals surface area contributed by atoms with E-state index in [2.05, 4.69) is 0 Å². The van der Waals surface area contributed by atoms with Gasteiger partial charge in [-0.05, 0) is 18.2 Å². The predicted molar refractivity (Wildman–Crippen MR) is 64.3 cm³/mol. The van der Waals surface area contributed by atoms with Crippen molar-refractivity contribution in [2.45, 2.75) is 0 Å². The standard InChI is InChI=1S/C11H17N3O2/c1-13(2)10-6-5-8(12)7-9(10)11(15)14(3)16-4/h5-7H,12H2,1-4H3. The van der Waals surface area contributed by atoms with Crippen LogP contribution in [-0.4, -0.2) is 39.2 Å². The maximum atomic E-state index is 12.0. The number of anilines is 2. The smallest absolute Gasteiger partial charge is 0.279 e. The van der Waals surface area contributed by atoms with Gasteiger partial charge in [-0.15, -0.1) is 0 Å². The summed E-state index contributed by atoms with van der Waals surface area (Å²) in [5.74, 6) is -0.224. The molecule has 0 bridgehead atoms. The summed E-state index contributed by atoms with van der Waals surface area (Å²) in [7, 11) is 6.74. The zero-order valence-electron chi connectivity index (χ0n) is 10.0. The molecule has 1 amide bonds. The first-order chi connectivity index (χ1) is 7.47. The number of nitrogens with zero attached hydrogens (tertiary/aromatic N) is 2. The second-order valence-electron chi connectivity index (χ2n) is 3.66. The highest BCUT2D eigenvalue weighted by Crippen LogP contribution is 2.22. The number of carbonyl (C=O) groups excluding carboxylic acids is 1. The molecule has 1 rings (SSSR count). The molecule has 88 valence electrons. The Kier molecular flexibility index (Phi) is 3.73. The molecular formula is C11H17N3O2. The van der Waals surface area contributed by atoms with Gasteiger partial charge in [-0.25, -0.2) is 5.06 Å². The third-order valence-electron chi connectivity index (χ3n) is 2.29. The number of amides is 1. The van der Waals surface area contributed by atoms with Crippen LogP contribution in [0.15, 0.2) is 18.2 Å². The molecule has 0 aliphatic heterocycles. The molecule has 0 aliphatic carbocycles. The van der Waals surface area contributed by atoms with Crippen LogP contribution in [0.3, 0.4) is 0 Å². The summed E-state index contributed by atoms with van der Waals surface area (Å²) < 4.78 is 0. The van der Waals surface area contributed by atoms with Crippen molar-refractivity contribution in [2.75, 3.05) is 38.9 Å². The number of hydroxylamine groups is 2. The molecule has 16 heavy (non-hydrogen) atoms. The van der Waals surface area contributed by atoms with Gasteiger partial charge in [0.25, 0.3) is 5.91 Å². The summed E-state index contributed by atoms with van der Waals surface area (Å²) in [4.78, 5) is 18.7. The van der Waals surface area contributed by atoms with Gasteiger partial charge in [0.2, 0.25) is 0 Å². The number of nitrogen functional groups attached to an aromatic ring is 1. The molecule has 0 atom stereocenters. The minimum absolute atomic E-state index is 0.224. The van der Waals surface area contributed by atoms with E-state index in [1.54, 1.807) is 19.2 Å². The molecule has 0 saturated carbocycles. The SMILES string of the molecule is CON(C)C(=O)c1cc(N)ccc1N(C)C. The van der Waals surface area contributed by atoms with Gasteiger partial charge in [0.1, 0.15) is 0 Å². The van der Waals surface area contributed by atoms with Crippen molar-refractivity contribution in [3.05, 3.63) is 23.8 Å². The maximum absolute atomic E-state index is 12.0. The molecule has 0 unspecified atom stereocenters. The van der Waals surface area contributed by atoms with Crippen molar-refractivity contribution in [3.63, 3.8) is 0 Å². The highest BCUT2D eigenvalue weighted by atomic mass is 16.7. The normalized spacial score (nSPS) is 10.0. The Morgan fingerprint density at radius 2 is 1.94 bits per heavy atom. The maximum Gasteiger partial charge on any atom is 0.279 e. The second-order valence-corrected chi connectivity index (χ2v) is 3.66. The van der Waals surface area contributed by atoms with E-state index in [4.69, 9.17) is 10.6 Å². The fraction of sp³-hybridized carbons (Fsp3) is 0.364. The molecule has 5 heteroatoms. The number of benzene rings is 1. The molecular weight excluding hydrogens is 206 g/mol. The van der Waals surface area contributed by atoms with E-state index in [9.17, 15) is 4.79 Å². The van der Waals surface area contributed by atoms with Crippen molar-refractivity contribution >= 4 is 17.3 Å². The van der Waals surface area contributed by atoms with Gasteiger partial charge in [-0.2, -0.15) is 0 Å². The fourth-order valence-electron chi connectivity index (χ4n) is 1.37. The summed E-state index contributed by atoms with van der Waals surface area (Å²) in [5, 5.41) is 1.17. The first kappa shape index (κ1) is 12.3. The topological polar surface area (TPSA) is 58.8 Å². The van der Waals surface area contributed by atoms with Crippen LogP contribution in [0.2, 0.25) is 0 Å². The van der Waals surface area contributed by atoms with E-state index in [-0.39, 0.29) is 5.91 Å². The van der Waals surface area contributed by atoms with Crippen molar-refractivity contribution < 1.29 is 9.63 Å². The zero-order valence-corrected chi connectivity index (χ0v) is 10.0. The summed E-state index contributed by atoms with van der Waals surface area (Å²) in [6, 6.07) is 5.22. The molecule has 5 nitrogen and oxygen atoms in total. The quantitative estimate of drug-likeness (QED) is 0.612. The van der Waals surface area contributed by atoms with E-state index >= 15 is 0 Å². The lowest BCUT2D eigenvalue weighted by atomic mass is 10.1. The zero-order chi connectivity index (χ0) is 12.3. The van der Waals surface area contributed by atoms with E-state index in [1.807, 2.05) is 25.1 Å². The second kappa shape index (κ2) is 4.85. The highest BCUT2D eigenvalue weighted by molar-refractivity contribution is 6.00. The Hall–Kier alpha value is -1.75. The van der Waals surface area contributed by atoms with Gasteiger partial charge >= 0.3 is 0 Å². The van der Waals surface area contributed by atoms with Crippen LogP contribution in [0.1, 0.15) is 10.4 Å². The fourth-order valence-corrected chi connectivity index (χ4v) is 1.37. The van der Waals surface area contributed by atoms with Gasteiger partial charge in [-0.1, -0.05) is 0 Å². The molecule has 0 fully saturated rings. The average molecular weight is 223 g/mol. The van der Waals surface area contributed by atoms with Crippen LogP contribution in [-0.2, 0) is 4.84 Å². The van der Waals surface area contributed by atoms with E-state index in [1.165, 1.54) is 12.2 Å². The summed E-state index contributed by atoms with van der Waals surface area (Å²) >= 11 is 0. The Morgan fingerprint density at radius 3 is 2.44 bits per heavy atom. The van der Waals surface area contributed by atoms with Gasteiger partial charge in [0.05, 0.1) is 12.7 Å². The molecule has 0 aliphatic rings. The Labute approximate surface area is 95.3 Å². The molecule has 1 aromatic carbocycles. The van der Waals surface area contributed by atoms with Crippen molar-refractivity contribution in [1.29, 1.82) is 0 Å². The molecule has 2 N–H and O–H groups in total. The number of rotatable bonds is 3.